The molecule has 8 heteroatoms. The number of benzene rings is 1. The minimum absolute atomic E-state index is 0.169. The van der Waals surface area contributed by atoms with Gasteiger partial charge in [0, 0.05) is 0 Å². The van der Waals surface area contributed by atoms with Gasteiger partial charge in [-0.3, -0.25) is 9.56 Å². The fourth-order valence-electron chi connectivity index (χ4n) is 1.58. The van der Waals surface area contributed by atoms with Gasteiger partial charge in [-0.2, -0.15) is 13.2 Å². The maximum absolute atomic E-state index is 13.1. The van der Waals surface area contributed by atoms with Gasteiger partial charge in [-0.15, -0.1) is 0 Å². The van der Waals surface area contributed by atoms with E-state index in [0.29, 0.717) is 5.56 Å². The van der Waals surface area contributed by atoms with Crippen molar-refractivity contribution in [2.24, 2.45) is 4.99 Å². The van der Waals surface area contributed by atoms with Crippen LogP contribution in [0.2, 0.25) is 0 Å². The summed E-state index contributed by atoms with van der Waals surface area (Å²) in [5.74, 6) is 0. The van der Waals surface area contributed by atoms with E-state index < -0.39 is 19.2 Å². The van der Waals surface area contributed by atoms with Gasteiger partial charge in [0.1, 0.15) is 0 Å². The van der Waals surface area contributed by atoms with E-state index in [1.807, 2.05) is 0 Å². The van der Waals surface area contributed by atoms with Crippen LogP contribution in [0.3, 0.4) is 0 Å². The number of aliphatic imine (C=N–C) groups is 1. The molecule has 0 N–H and O–H groups in total. The van der Waals surface area contributed by atoms with Crippen LogP contribution in [0, 0.1) is 0 Å². The van der Waals surface area contributed by atoms with E-state index in [9.17, 15) is 17.7 Å². The summed E-state index contributed by atoms with van der Waals surface area (Å²) in [5, 5.41) is 0. The monoisotopic (exact) mass is 323 g/mol. The number of halogens is 3. The van der Waals surface area contributed by atoms with Crippen LogP contribution in [0.1, 0.15) is 19.4 Å². The Morgan fingerprint density at radius 3 is 2.10 bits per heavy atom. The first-order chi connectivity index (χ1) is 9.83. The third kappa shape index (κ3) is 5.26. The third-order valence-electron chi connectivity index (χ3n) is 2.37. The smallest absolute Gasteiger partial charge is 0.304 e. The minimum atomic E-state index is -4.88. The highest BCUT2D eigenvalue weighted by molar-refractivity contribution is 7.72. The summed E-state index contributed by atoms with van der Waals surface area (Å²) in [6, 6.07) is 8.36. The zero-order valence-electron chi connectivity index (χ0n) is 11.8. The van der Waals surface area contributed by atoms with E-state index >= 15 is 0 Å². The van der Waals surface area contributed by atoms with Gasteiger partial charge < -0.3 is 9.05 Å². The van der Waals surface area contributed by atoms with Crippen LogP contribution >= 0.6 is 7.60 Å². The van der Waals surface area contributed by atoms with Crippen LogP contribution in [0.4, 0.5) is 13.2 Å². The van der Waals surface area contributed by atoms with Gasteiger partial charge in [0.05, 0.1) is 19.8 Å². The van der Waals surface area contributed by atoms with Crippen molar-refractivity contribution in [2.45, 2.75) is 26.6 Å². The molecule has 4 nitrogen and oxygen atoms in total. The molecule has 0 radical (unpaired) electrons. The SMILES string of the molecule is CCOP(=O)(OCC)C(=NCc1ccccc1)C(F)(F)F. The quantitative estimate of drug-likeness (QED) is 0.551. The van der Waals surface area contributed by atoms with Gasteiger partial charge in [-0.1, -0.05) is 30.3 Å². The molecule has 0 saturated carbocycles. The Balaban J connectivity index is 3.13. The van der Waals surface area contributed by atoms with Crippen molar-refractivity contribution in [3.8, 4) is 0 Å². The molecule has 0 unspecified atom stereocenters. The van der Waals surface area contributed by atoms with Crippen LogP contribution in [0.15, 0.2) is 35.3 Å². The average Bonchev–Trinajstić information content (AvgIpc) is 2.39. The topological polar surface area (TPSA) is 47.9 Å². The molecule has 21 heavy (non-hydrogen) atoms. The molecule has 0 heterocycles. The van der Waals surface area contributed by atoms with Crippen LogP contribution < -0.4 is 0 Å². The Bertz CT molecular complexity index is 507. The molecule has 0 atom stereocenters. The molecule has 1 aromatic carbocycles. The maximum Gasteiger partial charge on any atom is 0.441 e. The molecule has 0 aliphatic rings. The summed E-state index contributed by atoms with van der Waals surface area (Å²) in [5.41, 5.74) is -0.929. The summed E-state index contributed by atoms with van der Waals surface area (Å²) in [4.78, 5) is 3.45. The molecular weight excluding hydrogens is 306 g/mol. The Morgan fingerprint density at radius 2 is 1.67 bits per heavy atom. The zero-order valence-corrected chi connectivity index (χ0v) is 12.7. The summed E-state index contributed by atoms with van der Waals surface area (Å²) < 4.78 is 61.1. The lowest BCUT2D eigenvalue weighted by molar-refractivity contribution is -0.0575. The Kier molecular flexibility index (Phi) is 6.58. The number of hydrogen-bond acceptors (Lipinski definition) is 4. The first kappa shape index (κ1) is 17.9. The Morgan fingerprint density at radius 1 is 1.14 bits per heavy atom. The van der Waals surface area contributed by atoms with Crippen molar-refractivity contribution >= 4 is 13.0 Å². The number of hydrogen-bond donors (Lipinski definition) is 0. The second-order valence-corrected chi connectivity index (χ2v) is 5.89. The Hall–Kier alpha value is -1.17. The number of nitrogens with zero attached hydrogens (tertiary/aromatic N) is 1. The molecule has 0 amide bonds. The van der Waals surface area contributed by atoms with Crippen molar-refractivity contribution in [3.63, 3.8) is 0 Å². The van der Waals surface area contributed by atoms with E-state index in [1.54, 1.807) is 30.3 Å². The van der Waals surface area contributed by atoms with Crippen molar-refractivity contribution in [1.29, 1.82) is 0 Å². The largest absolute Gasteiger partial charge is 0.441 e. The third-order valence-corrected chi connectivity index (χ3v) is 4.48. The van der Waals surface area contributed by atoms with E-state index in [2.05, 4.69) is 4.99 Å². The molecule has 0 saturated heterocycles. The van der Waals surface area contributed by atoms with Gasteiger partial charge in [0.2, 0.25) is 5.45 Å². The van der Waals surface area contributed by atoms with E-state index in [1.165, 1.54) is 13.8 Å². The average molecular weight is 323 g/mol. The second kappa shape index (κ2) is 7.73. The molecule has 1 rings (SSSR count). The predicted octanol–water partition coefficient (Wildman–Crippen LogP) is 4.41. The van der Waals surface area contributed by atoms with E-state index in [0.717, 1.165) is 0 Å². The number of rotatable bonds is 7. The molecule has 0 aromatic heterocycles. The lowest BCUT2D eigenvalue weighted by Crippen LogP contribution is -2.25. The van der Waals surface area contributed by atoms with Crippen molar-refractivity contribution < 1.29 is 26.8 Å². The summed E-state index contributed by atoms with van der Waals surface area (Å²) >= 11 is 0. The molecule has 0 aliphatic carbocycles. The van der Waals surface area contributed by atoms with Crippen molar-refractivity contribution in [3.05, 3.63) is 35.9 Å². The zero-order chi connectivity index (χ0) is 15.9. The summed E-state index contributed by atoms with van der Waals surface area (Å²) in [6.07, 6.45) is -4.88. The molecule has 0 spiro atoms. The summed E-state index contributed by atoms with van der Waals surface area (Å²) in [6.45, 7) is 2.29. The number of alkyl halides is 3. The maximum atomic E-state index is 13.1. The minimum Gasteiger partial charge on any atom is -0.304 e. The van der Waals surface area contributed by atoms with E-state index in [-0.39, 0.29) is 19.8 Å². The molecule has 0 aliphatic heterocycles. The molecule has 0 fully saturated rings. The van der Waals surface area contributed by atoms with Crippen molar-refractivity contribution in [1.82, 2.24) is 0 Å². The van der Waals surface area contributed by atoms with Gasteiger partial charge in [-0.25, -0.2) is 0 Å². The first-order valence-electron chi connectivity index (χ1n) is 6.38. The lowest BCUT2D eigenvalue weighted by atomic mass is 10.2. The standard InChI is InChI=1S/C13H17F3NO3P/c1-3-19-21(18,20-4-2)12(13(14,15)16)17-10-11-8-6-5-7-9-11/h5-9H,3-4,10H2,1-2H3. The molecule has 118 valence electrons. The van der Waals surface area contributed by atoms with Crippen LogP contribution in [0.5, 0.6) is 0 Å². The molecule has 1 aromatic rings. The molecule has 0 bridgehead atoms. The second-order valence-electron chi connectivity index (χ2n) is 3.96. The van der Waals surface area contributed by atoms with Gasteiger partial charge in [0.25, 0.3) is 0 Å². The molecular formula is C13H17F3NO3P. The van der Waals surface area contributed by atoms with Crippen molar-refractivity contribution in [2.75, 3.05) is 13.2 Å². The van der Waals surface area contributed by atoms with Crippen LogP contribution in [-0.2, 0) is 20.2 Å². The van der Waals surface area contributed by atoms with E-state index in [4.69, 9.17) is 9.05 Å². The first-order valence-corrected chi connectivity index (χ1v) is 7.93. The normalized spacial score (nSPS) is 13.5. The van der Waals surface area contributed by atoms with Gasteiger partial charge in [-0.05, 0) is 19.4 Å². The van der Waals surface area contributed by atoms with Crippen LogP contribution in [-0.4, -0.2) is 24.8 Å². The fourth-order valence-corrected chi connectivity index (χ4v) is 3.13. The highest BCUT2D eigenvalue weighted by Gasteiger charge is 2.50. The van der Waals surface area contributed by atoms with Crippen LogP contribution in [0.25, 0.3) is 0 Å². The summed E-state index contributed by atoms with van der Waals surface area (Å²) in [7, 11) is -4.46. The lowest BCUT2D eigenvalue weighted by Gasteiger charge is -2.20. The van der Waals surface area contributed by atoms with Gasteiger partial charge >= 0.3 is 13.8 Å². The predicted molar refractivity (Wildman–Crippen MR) is 74.5 cm³/mol. The highest BCUT2D eigenvalue weighted by Crippen LogP contribution is 2.54. The van der Waals surface area contributed by atoms with Gasteiger partial charge in [0.15, 0.2) is 0 Å². The fraction of sp³-hybridized carbons (Fsp3) is 0.462. The highest BCUT2D eigenvalue weighted by atomic mass is 31.2. The Labute approximate surface area is 121 Å².